The van der Waals surface area contributed by atoms with E-state index in [1.807, 2.05) is 12.1 Å². The van der Waals surface area contributed by atoms with Crippen LogP contribution >= 0.6 is 0 Å². The number of nitrogens with two attached hydrogens (primary N) is 1. The number of benzene rings is 1. The van der Waals surface area contributed by atoms with Crippen molar-refractivity contribution in [2.45, 2.75) is 44.6 Å². The van der Waals surface area contributed by atoms with Gasteiger partial charge in [-0.1, -0.05) is 13.0 Å². The zero-order chi connectivity index (χ0) is 19.2. The Morgan fingerprint density at radius 1 is 1.27 bits per heavy atom. The van der Waals surface area contributed by atoms with E-state index in [0.717, 1.165) is 12.2 Å². The van der Waals surface area contributed by atoms with Crippen molar-refractivity contribution in [3.05, 3.63) is 52.5 Å². The molecule has 2 atom stereocenters. The third-order valence-corrected chi connectivity index (χ3v) is 6.01. The smallest absolute Gasteiger partial charge is 0.254 e. The Kier molecular flexibility index (Phi) is 4.71. The van der Waals surface area contributed by atoms with E-state index in [1.165, 1.54) is 11.0 Å². The largest absolute Gasteiger partial charge is 0.464 e. The number of sulfonamides is 1. The van der Waals surface area contributed by atoms with Crippen LogP contribution in [0.5, 0.6) is 0 Å². The number of nitrogens with zero attached hydrogens (tertiary/aromatic N) is 1. The minimum Gasteiger partial charge on any atom is -0.464 e. The molecule has 2 N–H and O–H groups in total. The Labute approximate surface area is 154 Å². The van der Waals surface area contributed by atoms with Crippen LogP contribution in [0.1, 0.15) is 52.3 Å². The number of furan rings is 1. The first kappa shape index (κ1) is 18.7. The first-order chi connectivity index (χ1) is 12.1. The van der Waals surface area contributed by atoms with Crippen molar-refractivity contribution in [3.8, 4) is 0 Å². The minimum atomic E-state index is -3.88. The van der Waals surface area contributed by atoms with Gasteiger partial charge in [0.05, 0.1) is 11.4 Å². The van der Waals surface area contributed by atoms with Gasteiger partial charge in [0.15, 0.2) is 0 Å². The first-order valence-electron chi connectivity index (χ1n) is 8.56. The number of carbonyl (C=O) groups is 1. The topological polar surface area (TPSA) is 93.6 Å². The molecule has 1 aromatic carbocycles. The van der Waals surface area contributed by atoms with Gasteiger partial charge in [0, 0.05) is 18.5 Å². The van der Waals surface area contributed by atoms with Gasteiger partial charge in [-0.15, -0.1) is 0 Å². The van der Waals surface area contributed by atoms with Crippen LogP contribution in [0, 0.1) is 19.8 Å². The standard InChI is InChI=1S/C19H24N2O4S/c1-11-7-13(3)18(26(20,23)24)9-16(11)19(22)21(4)10-14-5-6-17(25-14)15-8-12(15)2/h5-7,9,12,15H,8,10H2,1-4H3,(H2,20,23,24)/t12-,15-/m1/s1. The molecular weight excluding hydrogens is 352 g/mol. The van der Waals surface area contributed by atoms with Crippen molar-refractivity contribution in [3.63, 3.8) is 0 Å². The van der Waals surface area contributed by atoms with Gasteiger partial charge in [-0.3, -0.25) is 4.79 Å². The number of primary sulfonamides is 1. The third kappa shape index (κ3) is 3.68. The van der Waals surface area contributed by atoms with E-state index in [2.05, 4.69) is 6.92 Å². The van der Waals surface area contributed by atoms with Crippen LogP contribution in [0.15, 0.2) is 33.6 Å². The molecular formula is C19H24N2O4S. The van der Waals surface area contributed by atoms with E-state index >= 15 is 0 Å². The number of carbonyl (C=O) groups excluding carboxylic acids is 1. The zero-order valence-corrected chi connectivity index (χ0v) is 16.3. The average Bonchev–Trinajstić information content (AvgIpc) is 3.07. The lowest BCUT2D eigenvalue weighted by atomic mass is 10.0. The van der Waals surface area contributed by atoms with Gasteiger partial charge in [-0.25, -0.2) is 13.6 Å². The first-order valence-corrected chi connectivity index (χ1v) is 10.1. The highest BCUT2D eigenvalue weighted by atomic mass is 32.2. The molecule has 0 radical (unpaired) electrons. The summed E-state index contributed by atoms with van der Waals surface area (Å²) in [7, 11) is -2.22. The molecule has 0 spiro atoms. The van der Waals surface area contributed by atoms with Crippen LogP contribution < -0.4 is 5.14 Å². The number of hydrogen-bond acceptors (Lipinski definition) is 4. The second kappa shape index (κ2) is 6.55. The normalized spacial score (nSPS) is 19.4. The molecule has 1 fully saturated rings. The van der Waals surface area contributed by atoms with Gasteiger partial charge in [0.1, 0.15) is 11.5 Å². The van der Waals surface area contributed by atoms with Crippen LogP contribution in [-0.4, -0.2) is 26.3 Å². The third-order valence-electron chi connectivity index (χ3n) is 4.96. The van der Waals surface area contributed by atoms with Gasteiger partial charge in [-0.05, 0) is 55.5 Å². The van der Waals surface area contributed by atoms with Crippen molar-refractivity contribution in [1.29, 1.82) is 0 Å². The van der Waals surface area contributed by atoms with Gasteiger partial charge in [0.25, 0.3) is 5.91 Å². The molecule has 3 rings (SSSR count). The predicted molar refractivity (Wildman–Crippen MR) is 98.3 cm³/mol. The summed E-state index contributed by atoms with van der Waals surface area (Å²) in [6.45, 7) is 5.94. The molecule has 0 aliphatic heterocycles. The molecule has 1 heterocycles. The van der Waals surface area contributed by atoms with E-state index in [-0.39, 0.29) is 10.8 Å². The van der Waals surface area contributed by atoms with E-state index in [9.17, 15) is 13.2 Å². The minimum absolute atomic E-state index is 0.0251. The summed E-state index contributed by atoms with van der Waals surface area (Å²) < 4.78 is 29.3. The summed E-state index contributed by atoms with van der Waals surface area (Å²) in [5.74, 6) is 2.55. The second-order valence-corrected chi connectivity index (χ2v) is 8.79. The van der Waals surface area contributed by atoms with Crippen molar-refractivity contribution < 1.29 is 17.6 Å². The predicted octanol–water partition coefficient (Wildman–Crippen LogP) is 2.94. The fourth-order valence-corrected chi connectivity index (χ4v) is 4.07. The quantitative estimate of drug-likeness (QED) is 0.868. The molecule has 6 nitrogen and oxygen atoms in total. The van der Waals surface area contributed by atoms with Crippen LogP contribution in [0.4, 0.5) is 0 Å². The molecule has 1 aliphatic rings. The molecule has 2 aromatic rings. The lowest BCUT2D eigenvalue weighted by Gasteiger charge is -2.18. The zero-order valence-electron chi connectivity index (χ0n) is 15.4. The highest BCUT2D eigenvalue weighted by Crippen LogP contribution is 2.47. The van der Waals surface area contributed by atoms with Crippen molar-refractivity contribution in [1.82, 2.24) is 4.90 Å². The monoisotopic (exact) mass is 376 g/mol. The van der Waals surface area contributed by atoms with Crippen LogP contribution in [0.3, 0.4) is 0 Å². The molecule has 0 unspecified atom stereocenters. The fourth-order valence-electron chi connectivity index (χ4n) is 3.28. The Morgan fingerprint density at radius 3 is 2.50 bits per heavy atom. The van der Waals surface area contributed by atoms with Gasteiger partial charge < -0.3 is 9.32 Å². The molecule has 0 bridgehead atoms. The molecule has 140 valence electrons. The van der Waals surface area contributed by atoms with E-state index < -0.39 is 10.0 Å². The number of amides is 1. The SMILES string of the molecule is Cc1cc(C)c(S(N)(=O)=O)cc1C(=O)N(C)Cc1ccc([C@@H]2C[C@H]2C)o1. The summed E-state index contributed by atoms with van der Waals surface area (Å²) in [6.07, 6.45) is 1.14. The summed E-state index contributed by atoms with van der Waals surface area (Å²) in [4.78, 5) is 14.3. The molecule has 0 saturated heterocycles. The van der Waals surface area contributed by atoms with Crippen LogP contribution in [0.25, 0.3) is 0 Å². The van der Waals surface area contributed by atoms with Gasteiger partial charge in [-0.2, -0.15) is 0 Å². The maximum atomic E-state index is 12.8. The molecule has 1 amide bonds. The van der Waals surface area contributed by atoms with Crippen molar-refractivity contribution >= 4 is 15.9 Å². The van der Waals surface area contributed by atoms with Crippen LogP contribution in [0.2, 0.25) is 0 Å². The number of hydrogen-bond donors (Lipinski definition) is 1. The maximum Gasteiger partial charge on any atom is 0.254 e. The Balaban J connectivity index is 1.81. The fraction of sp³-hybridized carbons (Fsp3) is 0.421. The van der Waals surface area contributed by atoms with Crippen molar-refractivity contribution in [2.24, 2.45) is 11.1 Å². The highest BCUT2D eigenvalue weighted by molar-refractivity contribution is 7.89. The second-order valence-electron chi connectivity index (χ2n) is 7.26. The summed E-state index contributed by atoms with van der Waals surface area (Å²) in [6, 6.07) is 6.89. The maximum absolute atomic E-state index is 12.8. The number of aryl methyl sites for hydroxylation is 2. The summed E-state index contributed by atoms with van der Waals surface area (Å²) in [5, 5.41) is 5.26. The molecule has 1 aromatic heterocycles. The lowest BCUT2D eigenvalue weighted by molar-refractivity contribution is 0.0774. The molecule has 1 saturated carbocycles. The molecule has 1 aliphatic carbocycles. The van der Waals surface area contributed by atoms with E-state index in [1.54, 1.807) is 27.0 Å². The summed E-state index contributed by atoms with van der Waals surface area (Å²) >= 11 is 0. The summed E-state index contributed by atoms with van der Waals surface area (Å²) in [5.41, 5.74) is 1.56. The average molecular weight is 376 g/mol. The highest BCUT2D eigenvalue weighted by Gasteiger charge is 2.36. The van der Waals surface area contributed by atoms with Gasteiger partial charge in [0.2, 0.25) is 10.0 Å². The Hall–Kier alpha value is -2.12. The molecule has 26 heavy (non-hydrogen) atoms. The Morgan fingerprint density at radius 2 is 1.92 bits per heavy atom. The van der Waals surface area contributed by atoms with Crippen LogP contribution in [-0.2, 0) is 16.6 Å². The van der Waals surface area contributed by atoms with Crippen molar-refractivity contribution in [2.75, 3.05) is 7.05 Å². The molecule has 7 heteroatoms. The lowest BCUT2D eigenvalue weighted by Crippen LogP contribution is -2.27. The van der Waals surface area contributed by atoms with E-state index in [0.29, 0.717) is 40.8 Å². The van der Waals surface area contributed by atoms with E-state index in [4.69, 9.17) is 9.56 Å². The number of rotatable bonds is 5. The van der Waals surface area contributed by atoms with Gasteiger partial charge >= 0.3 is 0 Å². The Bertz CT molecular complexity index is 962.